The zero-order chi connectivity index (χ0) is 11.9. The van der Waals surface area contributed by atoms with Crippen LogP contribution in [0.4, 0.5) is 0 Å². The number of furan rings is 1. The first-order chi connectivity index (χ1) is 8.40. The van der Waals surface area contributed by atoms with Crippen molar-refractivity contribution in [2.75, 3.05) is 7.11 Å². The first-order valence-electron chi connectivity index (χ1n) is 5.41. The van der Waals surface area contributed by atoms with Gasteiger partial charge in [0.25, 0.3) is 0 Å². The minimum absolute atomic E-state index is 0.910. The molecule has 0 spiro atoms. The van der Waals surface area contributed by atoms with E-state index in [-0.39, 0.29) is 0 Å². The lowest BCUT2D eigenvalue weighted by Crippen LogP contribution is -1.78. The third kappa shape index (κ3) is 3.11. The van der Waals surface area contributed by atoms with Crippen LogP contribution >= 0.6 is 0 Å². The number of benzene rings is 2. The second kappa shape index (κ2) is 5.75. The normalized spacial score (nSPS) is 9.47. The molecule has 0 aliphatic rings. The molecule has 0 fully saturated rings. The lowest BCUT2D eigenvalue weighted by Gasteiger charge is -1.93. The number of hydrogen-bond donors (Lipinski definition) is 0. The Balaban J connectivity index is 0.000000128. The SMILES string of the molecule is COc1ccccc1.c1ccc2occc2c1. The molecule has 0 atom stereocenters. The summed E-state index contributed by atoms with van der Waals surface area (Å²) in [5.41, 5.74) is 0.956. The van der Waals surface area contributed by atoms with Gasteiger partial charge in [-0.15, -0.1) is 0 Å². The van der Waals surface area contributed by atoms with Crippen LogP contribution in [-0.2, 0) is 0 Å². The summed E-state index contributed by atoms with van der Waals surface area (Å²) < 4.78 is 10.0. The van der Waals surface area contributed by atoms with E-state index in [0.29, 0.717) is 0 Å². The highest BCUT2D eigenvalue weighted by Gasteiger charge is 1.89. The van der Waals surface area contributed by atoms with E-state index >= 15 is 0 Å². The highest BCUT2D eigenvalue weighted by atomic mass is 16.5. The fraction of sp³-hybridized carbons (Fsp3) is 0.0667. The maximum Gasteiger partial charge on any atom is 0.133 e. The van der Waals surface area contributed by atoms with Gasteiger partial charge in [0.1, 0.15) is 11.3 Å². The van der Waals surface area contributed by atoms with Crippen molar-refractivity contribution < 1.29 is 9.15 Å². The van der Waals surface area contributed by atoms with Crippen LogP contribution < -0.4 is 4.74 Å². The highest BCUT2D eigenvalue weighted by Crippen LogP contribution is 2.12. The lowest BCUT2D eigenvalue weighted by molar-refractivity contribution is 0.415. The lowest BCUT2D eigenvalue weighted by atomic mass is 10.3. The van der Waals surface area contributed by atoms with Gasteiger partial charge in [0.2, 0.25) is 0 Å². The molecule has 17 heavy (non-hydrogen) atoms. The Kier molecular flexibility index (Phi) is 3.81. The van der Waals surface area contributed by atoms with E-state index in [0.717, 1.165) is 16.7 Å². The molecule has 3 aromatic rings. The Morgan fingerprint density at radius 3 is 2.18 bits per heavy atom. The molecule has 0 saturated carbocycles. The summed E-state index contributed by atoms with van der Waals surface area (Å²) in [7, 11) is 1.66. The van der Waals surface area contributed by atoms with Gasteiger partial charge in [-0.05, 0) is 24.3 Å². The molecule has 0 unspecified atom stereocenters. The molecule has 0 N–H and O–H groups in total. The standard InChI is InChI=1S/C8H6O.C7H8O/c1-2-4-8-7(3-1)5-6-9-8;1-8-7-5-3-2-4-6-7/h1-6H;2-6H,1H3. The van der Waals surface area contributed by atoms with Crippen molar-refractivity contribution in [3.8, 4) is 5.75 Å². The fourth-order valence-electron chi connectivity index (χ4n) is 1.46. The van der Waals surface area contributed by atoms with E-state index in [1.165, 1.54) is 0 Å². The molecule has 0 aliphatic carbocycles. The minimum atomic E-state index is 0.910. The van der Waals surface area contributed by atoms with Crippen molar-refractivity contribution in [1.29, 1.82) is 0 Å². The van der Waals surface area contributed by atoms with E-state index in [4.69, 9.17) is 9.15 Å². The third-order valence-corrected chi connectivity index (χ3v) is 2.34. The first kappa shape index (κ1) is 11.3. The maximum atomic E-state index is 5.12. The van der Waals surface area contributed by atoms with E-state index in [1.54, 1.807) is 13.4 Å². The molecular weight excluding hydrogens is 212 g/mol. The van der Waals surface area contributed by atoms with Gasteiger partial charge >= 0.3 is 0 Å². The van der Waals surface area contributed by atoms with Crippen molar-refractivity contribution in [2.45, 2.75) is 0 Å². The first-order valence-corrected chi connectivity index (χ1v) is 5.41. The Labute approximate surface area is 100 Å². The quantitative estimate of drug-likeness (QED) is 0.622. The van der Waals surface area contributed by atoms with Crippen molar-refractivity contribution in [2.24, 2.45) is 0 Å². The Bertz CT molecular complexity index is 525. The van der Waals surface area contributed by atoms with Gasteiger partial charge in [-0.3, -0.25) is 0 Å². The maximum absolute atomic E-state index is 5.12. The summed E-state index contributed by atoms with van der Waals surface area (Å²) in [6.45, 7) is 0. The molecule has 0 bridgehead atoms. The monoisotopic (exact) mass is 226 g/mol. The van der Waals surface area contributed by atoms with Crippen LogP contribution in [0, 0.1) is 0 Å². The average molecular weight is 226 g/mol. The number of methoxy groups -OCH3 is 1. The zero-order valence-electron chi connectivity index (χ0n) is 9.67. The minimum Gasteiger partial charge on any atom is -0.497 e. The van der Waals surface area contributed by atoms with E-state index in [1.807, 2.05) is 60.7 Å². The van der Waals surface area contributed by atoms with Crippen LogP contribution in [0.2, 0.25) is 0 Å². The summed E-state index contributed by atoms with van der Waals surface area (Å²) in [6.07, 6.45) is 1.70. The van der Waals surface area contributed by atoms with Crippen LogP contribution in [0.5, 0.6) is 5.75 Å². The van der Waals surface area contributed by atoms with Gasteiger partial charge in [0.15, 0.2) is 0 Å². The summed E-state index contributed by atoms with van der Waals surface area (Å²) in [5.74, 6) is 0.910. The van der Waals surface area contributed by atoms with Gasteiger partial charge < -0.3 is 9.15 Å². The van der Waals surface area contributed by atoms with Crippen molar-refractivity contribution in [1.82, 2.24) is 0 Å². The van der Waals surface area contributed by atoms with Crippen LogP contribution in [0.25, 0.3) is 11.0 Å². The number of para-hydroxylation sites is 2. The van der Waals surface area contributed by atoms with Gasteiger partial charge in [-0.2, -0.15) is 0 Å². The summed E-state index contributed by atoms with van der Waals surface area (Å²) in [4.78, 5) is 0. The third-order valence-electron chi connectivity index (χ3n) is 2.34. The smallest absolute Gasteiger partial charge is 0.133 e. The summed E-state index contributed by atoms with van der Waals surface area (Å²) >= 11 is 0. The molecule has 0 saturated heterocycles. The number of hydrogen-bond acceptors (Lipinski definition) is 2. The molecule has 0 aliphatic heterocycles. The Hall–Kier alpha value is -2.22. The summed E-state index contributed by atoms with van der Waals surface area (Å²) in [5, 5.41) is 1.16. The van der Waals surface area contributed by atoms with E-state index < -0.39 is 0 Å². The van der Waals surface area contributed by atoms with Gasteiger partial charge in [-0.1, -0.05) is 36.4 Å². The second-order valence-corrected chi connectivity index (χ2v) is 3.48. The molecule has 0 radical (unpaired) electrons. The van der Waals surface area contributed by atoms with E-state index in [9.17, 15) is 0 Å². The van der Waals surface area contributed by atoms with Crippen molar-refractivity contribution >= 4 is 11.0 Å². The number of fused-ring (bicyclic) bond motifs is 1. The predicted octanol–water partition coefficient (Wildman–Crippen LogP) is 4.13. The van der Waals surface area contributed by atoms with Crippen molar-refractivity contribution in [3.05, 3.63) is 66.9 Å². The van der Waals surface area contributed by atoms with Crippen LogP contribution in [0.3, 0.4) is 0 Å². The number of ether oxygens (including phenoxy) is 1. The number of rotatable bonds is 1. The van der Waals surface area contributed by atoms with Crippen LogP contribution in [0.15, 0.2) is 71.3 Å². The average Bonchev–Trinajstić information content (AvgIpc) is 2.89. The summed E-state index contributed by atoms with van der Waals surface area (Å²) in [6, 6.07) is 19.6. The van der Waals surface area contributed by atoms with Gasteiger partial charge in [0.05, 0.1) is 13.4 Å². The molecular formula is C15H14O2. The largest absolute Gasteiger partial charge is 0.497 e. The molecule has 3 rings (SSSR count). The fourth-order valence-corrected chi connectivity index (χ4v) is 1.46. The Morgan fingerprint density at radius 1 is 0.824 bits per heavy atom. The second-order valence-electron chi connectivity index (χ2n) is 3.48. The molecule has 1 heterocycles. The molecule has 2 aromatic carbocycles. The van der Waals surface area contributed by atoms with Crippen LogP contribution in [0.1, 0.15) is 0 Å². The van der Waals surface area contributed by atoms with Crippen LogP contribution in [-0.4, -0.2) is 7.11 Å². The highest BCUT2D eigenvalue weighted by molar-refractivity contribution is 5.76. The zero-order valence-corrected chi connectivity index (χ0v) is 9.67. The predicted molar refractivity (Wildman–Crippen MR) is 69.2 cm³/mol. The van der Waals surface area contributed by atoms with Gasteiger partial charge in [0, 0.05) is 5.39 Å². The molecule has 86 valence electrons. The molecule has 1 aromatic heterocycles. The van der Waals surface area contributed by atoms with Crippen molar-refractivity contribution in [3.63, 3.8) is 0 Å². The molecule has 2 nitrogen and oxygen atoms in total. The topological polar surface area (TPSA) is 22.4 Å². The molecule has 2 heteroatoms. The van der Waals surface area contributed by atoms with E-state index in [2.05, 4.69) is 0 Å². The Morgan fingerprint density at radius 2 is 1.53 bits per heavy atom. The molecule has 0 amide bonds. The van der Waals surface area contributed by atoms with Gasteiger partial charge in [-0.25, -0.2) is 0 Å².